The van der Waals surface area contributed by atoms with Crippen molar-refractivity contribution in [2.45, 2.75) is 16.7 Å². The van der Waals surface area contributed by atoms with E-state index in [1.165, 1.54) is 11.3 Å². The molecule has 0 atom stereocenters. The maximum absolute atomic E-state index is 13.3. The van der Waals surface area contributed by atoms with E-state index in [-0.39, 0.29) is 9.79 Å². The smallest absolute Gasteiger partial charge is 0.207 e. The highest BCUT2D eigenvalue weighted by molar-refractivity contribution is 9.10. The molecule has 2 heterocycles. The minimum atomic E-state index is -3.69. The van der Waals surface area contributed by atoms with Gasteiger partial charge in [0.05, 0.1) is 31.4 Å². The zero-order valence-corrected chi connectivity index (χ0v) is 16.9. The third kappa shape index (κ3) is 2.86. The SMILES string of the molecule is Cc1ccc2c(S(=O)(=O)c3ccccc3)cc(-c3cncs3)nc2c1Br. The fourth-order valence-corrected chi connectivity index (χ4v) is 5.25. The Bertz CT molecular complexity index is 1210. The summed E-state index contributed by atoms with van der Waals surface area (Å²) in [4.78, 5) is 10.1. The summed E-state index contributed by atoms with van der Waals surface area (Å²) in [5, 5.41) is 0.597. The minimum absolute atomic E-state index is 0.248. The first-order valence-corrected chi connectivity index (χ1v) is 10.9. The van der Waals surface area contributed by atoms with Gasteiger partial charge in [-0.2, -0.15) is 0 Å². The van der Waals surface area contributed by atoms with Gasteiger partial charge in [0.25, 0.3) is 0 Å². The van der Waals surface area contributed by atoms with Crippen LogP contribution in [0.25, 0.3) is 21.5 Å². The first kappa shape index (κ1) is 17.3. The highest BCUT2D eigenvalue weighted by Gasteiger charge is 2.23. The van der Waals surface area contributed by atoms with Crippen LogP contribution >= 0.6 is 27.3 Å². The number of halogens is 1. The predicted octanol–water partition coefficient (Wildman–Crippen LogP) is 5.26. The van der Waals surface area contributed by atoms with E-state index in [0.717, 1.165) is 14.9 Å². The molecule has 0 aliphatic rings. The molecule has 130 valence electrons. The molecule has 4 aromatic rings. The summed E-state index contributed by atoms with van der Waals surface area (Å²) < 4.78 is 27.4. The quantitative estimate of drug-likeness (QED) is 0.432. The minimum Gasteiger partial charge on any atom is -0.252 e. The first-order chi connectivity index (χ1) is 12.5. The first-order valence-electron chi connectivity index (χ1n) is 7.77. The van der Waals surface area contributed by atoms with Gasteiger partial charge in [-0.1, -0.05) is 30.3 Å². The normalized spacial score (nSPS) is 11.8. The van der Waals surface area contributed by atoms with Crippen LogP contribution in [0.4, 0.5) is 0 Å². The molecular formula is C19H13BrN2O2S2. The van der Waals surface area contributed by atoms with Crippen LogP contribution in [0.5, 0.6) is 0 Å². The number of hydrogen-bond donors (Lipinski definition) is 0. The second kappa shape index (κ2) is 6.57. The fraction of sp³-hybridized carbons (Fsp3) is 0.0526. The average Bonchev–Trinajstić information content (AvgIpc) is 3.19. The van der Waals surface area contributed by atoms with Crippen LogP contribution in [0.3, 0.4) is 0 Å². The van der Waals surface area contributed by atoms with Crippen molar-refractivity contribution >= 4 is 48.0 Å². The lowest BCUT2D eigenvalue weighted by molar-refractivity contribution is 0.597. The Morgan fingerprint density at radius 1 is 1.08 bits per heavy atom. The molecular weight excluding hydrogens is 432 g/mol. The van der Waals surface area contributed by atoms with Gasteiger partial charge in [-0.3, -0.25) is 4.98 Å². The summed E-state index contributed by atoms with van der Waals surface area (Å²) in [6, 6.07) is 13.8. The number of aromatic nitrogens is 2. The maximum atomic E-state index is 13.3. The molecule has 4 nitrogen and oxygen atoms in total. The molecule has 2 aromatic carbocycles. The highest BCUT2D eigenvalue weighted by atomic mass is 79.9. The van der Waals surface area contributed by atoms with Crippen LogP contribution in [-0.2, 0) is 9.84 Å². The number of fused-ring (bicyclic) bond motifs is 1. The van der Waals surface area contributed by atoms with Crippen molar-refractivity contribution in [2.24, 2.45) is 0 Å². The van der Waals surface area contributed by atoms with Crippen LogP contribution in [0, 0.1) is 6.92 Å². The zero-order valence-electron chi connectivity index (χ0n) is 13.7. The predicted molar refractivity (Wildman–Crippen MR) is 107 cm³/mol. The molecule has 0 N–H and O–H groups in total. The number of sulfone groups is 1. The summed E-state index contributed by atoms with van der Waals surface area (Å²) in [5.74, 6) is 0. The van der Waals surface area contributed by atoms with E-state index in [0.29, 0.717) is 16.6 Å². The lowest BCUT2D eigenvalue weighted by atomic mass is 10.1. The molecule has 0 aliphatic carbocycles. The van der Waals surface area contributed by atoms with Gasteiger partial charge in [-0.15, -0.1) is 11.3 Å². The summed E-state index contributed by atoms with van der Waals surface area (Å²) >= 11 is 4.99. The van der Waals surface area contributed by atoms with Gasteiger partial charge in [0.15, 0.2) is 0 Å². The Kier molecular flexibility index (Phi) is 4.38. The molecule has 0 bridgehead atoms. The Morgan fingerprint density at radius 3 is 2.54 bits per heavy atom. The van der Waals surface area contributed by atoms with Crippen LogP contribution in [0.15, 0.2) is 74.5 Å². The summed E-state index contributed by atoms with van der Waals surface area (Å²) in [6.07, 6.45) is 1.70. The summed E-state index contributed by atoms with van der Waals surface area (Å²) in [6.45, 7) is 1.95. The van der Waals surface area contributed by atoms with Crippen molar-refractivity contribution in [3.8, 4) is 10.6 Å². The van der Waals surface area contributed by atoms with Crippen molar-refractivity contribution in [3.05, 3.63) is 70.3 Å². The molecule has 0 radical (unpaired) electrons. The van der Waals surface area contributed by atoms with E-state index >= 15 is 0 Å². The molecule has 4 rings (SSSR count). The topological polar surface area (TPSA) is 59.9 Å². The largest absolute Gasteiger partial charge is 0.252 e. The zero-order chi connectivity index (χ0) is 18.3. The summed E-state index contributed by atoms with van der Waals surface area (Å²) in [5.41, 5.74) is 3.93. The molecule has 0 saturated carbocycles. The van der Waals surface area contributed by atoms with Gasteiger partial charge in [0.2, 0.25) is 9.84 Å². The molecule has 0 aliphatic heterocycles. The van der Waals surface area contributed by atoms with E-state index in [4.69, 9.17) is 4.98 Å². The van der Waals surface area contributed by atoms with Crippen molar-refractivity contribution in [2.75, 3.05) is 0 Å². The Balaban J connectivity index is 2.10. The second-order valence-corrected chi connectivity index (χ2v) is 9.38. The van der Waals surface area contributed by atoms with Crippen molar-refractivity contribution in [3.63, 3.8) is 0 Å². The third-order valence-electron chi connectivity index (χ3n) is 4.10. The maximum Gasteiger partial charge on any atom is 0.207 e. The van der Waals surface area contributed by atoms with E-state index in [9.17, 15) is 8.42 Å². The van der Waals surface area contributed by atoms with E-state index in [1.54, 1.807) is 48.1 Å². The molecule has 0 unspecified atom stereocenters. The number of pyridine rings is 1. The van der Waals surface area contributed by atoms with Crippen LogP contribution < -0.4 is 0 Å². The van der Waals surface area contributed by atoms with Gasteiger partial charge >= 0.3 is 0 Å². The number of hydrogen-bond acceptors (Lipinski definition) is 5. The molecule has 0 amide bonds. The van der Waals surface area contributed by atoms with E-state index in [2.05, 4.69) is 20.9 Å². The molecule has 2 aromatic heterocycles. The highest BCUT2D eigenvalue weighted by Crippen LogP contribution is 2.36. The standard InChI is InChI=1S/C19H13BrN2O2S2/c1-12-7-8-14-17(26(23,24)13-5-3-2-4-6-13)9-15(16-10-21-11-25-16)22-19(14)18(12)20/h2-11H,1H3. The van der Waals surface area contributed by atoms with Gasteiger partial charge in [-0.05, 0) is 46.6 Å². The van der Waals surface area contributed by atoms with Gasteiger partial charge in [0.1, 0.15) is 0 Å². The summed E-state index contributed by atoms with van der Waals surface area (Å²) in [7, 11) is -3.69. The van der Waals surface area contributed by atoms with E-state index < -0.39 is 9.84 Å². The number of nitrogens with zero attached hydrogens (tertiary/aromatic N) is 2. The van der Waals surface area contributed by atoms with Crippen LogP contribution in [0.1, 0.15) is 5.56 Å². The lowest BCUT2D eigenvalue weighted by Crippen LogP contribution is -2.04. The van der Waals surface area contributed by atoms with Gasteiger partial charge in [-0.25, -0.2) is 13.4 Å². The Labute approximate surface area is 163 Å². The Hall–Kier alpha value is -2.09. The molecule has 0 saturated heterocycles. The van der Waals surface area contributed by atoms with Crippen LogP contribution in [-0.4, -0.2) is 18.4 Å². The number of thiazole rings is 1. The van der Waals surface area contributed by atoms with Gasteiger partial charge < -0.3 is 0 Å². The van der Waals surface area contributed by atoms with Crippen molar-refractivity contribution < 1.29 is 8.42 Å². The van der Waals surface area contributed by atoms with Crippen molar-refractivity contribution in [1.82, 2.24) is 9.97 Å². The van der Waals surface area contributed by atoms with Crippen LogP contribution in [0.2, 0.25) is 0 Å². The molecule has 7 heteroatoms. The van der Waals surface area contributed by atoms with Gasteiger partial charge in [0, 0.05) is 16.1 Å². The van der Waals surface area contributed by atoms with Crippen molar-refractivity contribution in [1.29, 1.82) is 0 Å². The average molecular weight is 445 g/mol. The van der Waals surface area contributed by atoms with E-state index in [1.807, 2.05) is 19.1 Å². The molecule has 0 fully saturated rings. The fourth-order valence-electron chi connectivity index (χ4n) is 2.75. The monoisotopic (exact) mass is 444 g/mol. The third-order valence-corrected chi connectivity index (χ3v) is 7.71. The lowest BCUT2D eigenvalue weighted by Gasteiger charge is -2.12. The number of aryl methyl sites for hydroxylation is 1. The molecule has 0 spiro atoms. The Morgan fingerprint density at radius 2 is 1.85 bits per heavy atom. The number of benzene rings is 2. The second-order valence-electron chi connectivity index (χ2n) is 5.78. The number of rotatable bonds is 3. The molecule has 26 heavy (non-hydrogen) atoms.